The second kappa shape index (κ2) is 4.35. The molecule has 0 spiro atoms. The smallest absolute Gasteiger partial charge is 0.393 e. The Bertz CT molecular complexity index is 121. The van der Waals surface area contributed by atoms with Crippen molar-refractivity contribution in [3.05, 3.63) is 12.7 Å². The van der Waals surface area contributed by atoms with Crippen molar-refractivity contribution in [2.24, 2.45) is 0 Å². The fourth-order valence-corrected chi connectivity index (χ4v) is 0.397. The van der Waals surface area contributed by atoms with Crippen LogP contribution in [0.3, 0.4) is 0 Å². The molecule has 0 saturated heterocycles. The monoisotopic (exact) mass is 170 g/mol. The van der Waals surface area contributed by atoms with Gasteiger partial charge in [-0.2, -0.15) is 13.2 Å². The lowest BCUT2D eigenvalue weighted by Crippen LogP contribution is -2.24. The summed E-state index contributed by atoms with van der Waals surface area (Å²) in [6.07, 6.45) is -4.17. The lowest BCUT2D eigenvalue weighted by Gasteiger charge is -2.12. The summed E-state index contributed by atoms with van der Waals surface area (Å²) >= 11 is 0. The first-order chi connectivity index (χ1) is 4.99. The van der Waals surface area contributed by atoms with Gasteiger partial charge in [0.15, 0.2) is 0 Å². The van der Waals surface area contributed by atoms with Crippen LogP contribution in [0.1, 0.15) is 0 Å². The van der Waals surface area contributed by atoms with Crippen molar-refractivity contribution < 1.29 is 23.0 Å². The van der Waals surface area contributed by atoms with Gasteiger partial charge in [-0.15, -0.1) is 6.58 Å². The van der Waals surface area contributed by atoms with Gasteiger partial charge in [-0.25, -0.2) is 0 Å². The van der Waals surface area contributed by atoms with E-state index in [9.17, 15) is 13.2 Å². The highest BCUT2D eigenvalue weighted by atomic mass is 19.4. The molecule has 1 unspecified atom stereocenters. The number of aliphatic hydroxyl groups is 1. The third-order valence-electron chi connectivity index (χ3n) is 0.904. The van der Waals surface area contributed by atoms with Gasteiger partial charge in [-0.1, -0.05) is 6.08 Å². The fourth-order valence-electron chi connectivity index (χ4n) is 0.397. The van der Waals surface area contributed by atoms with Crippen LogP contribution >= 0.6 is 0 Å². The Hall–Kier alpha value is -0.550. The molecule has 66 valence electrons. The van der Waals surface area contributed by atoms with Crippen LogP contribution in [0.15, 0.2) is 12.7 Å². The zero-order valence-electron chi connectivity index (χ0n) is 5.77. The zero-order valence-corrected chi connectivity index (χ0v) is 5.77. The van der Waals surface area contributed by atoms with Crippen molar-refractivity contribution in [1.82, 2.24) is 0 Å². The molecule has 0 aromatic carbocycles. The molecule has 0 aliphatic carbocycles. The molecule has 0 aromatic heterocycles. The summed E-state index contributed by atoms with van der Waals surface area (Å²) in [6, 6.07) is 0. The van der Waals surface area contributed by atoms with Crippen molar-refractivity contribution in [2.45, 2.75) is 12.3 Å². The maximum absolute atomic E-state index is 11.4. The molecular formula is C6H9F3O2. The van der Waals surface area contributed by atoms with Gasteiger partial charge in [0.05, 0.1) is 12.7 Å². The van der Waals surface area contributed by atoms with Crippen molar-refractivity contribution in [3.8, 4) is 0 Å². The number of rotatable bonds is 4. The van der Waals surface area contributed by atoms with E-state index in [1.54, 1.807) is 0 Å². The number of halogens is 3. The first-order valence-corrected chi connectivity index (χ1v) is 2.91. The minimum Gasteiger partial charge on any atom is -0.393 e. The van der Waals surface area contributed by atoms with Crippen molar-refractivity contribution in [2.75, 3.05) is 13.2 Å². The van der Waals surface area contributed by atoms with Gasteiger partial charge in [0.25, 0.3) is 0 Å². The largest absolute Gasteiger partial charge is 0.411 e. The van der Waals surface area contributed by atoms with Gasteiger partial charge in [0.1, 0.15) is 6.61 Å². The summed E-state index contributed by atoms with van der Waals surface area (Å²) in [6.45, 7) is 1.34. The third-order valence-corrected chi connectivity index (χ3v) is 0.904. The van der Waals surface area contributed by atoms with E-state index in [-0.39, 0.29) is 0 Å². The van der Waals surface area contributed by atoms with Crippen LogP contribution in [0.2, 0.25) is 0 Å². The minimum atomic E-state index is -4.35. The third kappa shape index (κ3) is 5.87. The van der Waals surface area contributed by atoms with Gasteiger partial charge < -0.3 is 9.84 Å². The van der Waals surface area contributed by atoms with Gasteiger partial charge in [-0.05, 0) is 0 Å². The maximum Gasteiger partial charge on any atom is 0.411 e. The Labute approximate surface area is 62.3 Å². The van der Waals surface area contributed by atoms with Crippen molar-refractivity contribution in [1.29, 1.82) is 0 Å². The van der Waals surface area contributed by atoms with E-state index in [0.717, 1.165) is 6.08 Å². The highest BCUT2D eigenvalue weighted by Crippen LogP contribution is 2.15. The summed E-state index contributed by atoms with van der Waals surface area (Å²) in [5.41, 5.74) is 0. The second-order valence-corrected chi connectivity index (χ2v) is 1.88. The molecule has 0 bridgehead atoms. The molecule has 0 fully saturated rings. The van der Waals surface area contributed by atoms with E-state index >= 15 is 0 Å². The normalized spacial score (nSPS) is 14.5. The summed E-state index contributed by atoms with van der Waals surface area (Å²) in [4.78, 5) is 0. The summed E-state index contributed by atoms with van der Waals surface area (Å²) < 4.78 is 38.6. The molecule has 5 heteroatoms. The quantitative estimate of drug-likeness (QED) is 0.640. The van der Waals surface area contributed by atoms with Crippen molar-refractivity contribution >= 4 is 0 Å². The predicted octanol–water partition coefficient (Wildman–Crippen LogP) is 1.11. The highest BCUT2D eigenvalue weighted by molar-refractivity contribution is 4.79. The molecule has 0 rings (SSSR count). The molecule has 1 N–H and O–H groups in total. The average Bonchev–Trinajstić information content (AvgIpc) is 1.88. The van der Waals surface area contributed by atoms with Gasteiger partial charge >= 0.3 is 6.18 Å². The van der Waals surface area contributed by atoms with Crippen molar-refractivity contribution in [3.63, 3.8) is 0 Å². The Balaban J connectivity index is 3.59. The Morgan fingerprint density at radius 2 is 2.09 bits per heavy atom. The van der Waals surface area contributed by atoms with Crippen LogP contribution in [-0.2, 0) is 4.74 Å². The lowest BCUT2D eigenvalue weighted by molar-refractivity contribution is -0.183. The minimum absolute atomic E-state index is 0.487. The predicted molar refractivity (Wildman–Crippen MR) is 33.1 cm³/mol. The van der Waals surface area contributed by atoms with E-state index in [1.807, 2.05) is 0 Å². The van der Waals surface area contributed by atoms with E-state index in [1.165, 1.54) is 0 Å². The molecular weight excluding hydrogens is 161 g/mol. The molecule has 0 aliphatic rings. The van der Waals surface area contributed by atoms with E-state index in [2.05, 4.69) is 11.3 Å². The molecule has 0 saturated carbocycles. The van der Waals surface area contributed by atoms with Crippen LogP contribution in [-0.4, -0.2) is 30.6 Å². The van der Waals surface area contributed by atoms with Crippen LogP contribution in [0.4, 0.5) is 13.2 Å². The molecule has 0 aliphatic heterocycles. The summed E-state index contributed by atoms with van der Waals surface area (Å²) in [5, 5.41) is 8.36. The van der Waals surface area contributed by atoms with Crippen LogP contribution in [0.25, 0.3) is 0 Å². The summed E-state index contributed by atoms with van der Waals surface area (Å²) in [7, 11) is 0. The molecule has 0 heterocycles. The lowest BCUT2D eigenvalue weighted by atomic mass is 10.4. The standard InChI is InChI=1S/C6H9F3O2/c1-2-5(3-10)11-4-6(7,8)9/h2,5,10H,1,3-4H2. The maximum atomic E-state index is 11.4. The van der Waals surface area contributed by atoms with Crippen LogP contribution in [0, 0.1) is 0 Å². The first-order valence-electron chi connectivity index (χ1n) is 2.91. The number of alkyl halides is 3. The van der Waals surface area contributed by atoms with Crippen LogP contribution < -0.4 is 0 Å². The Morgan fingerprint density at radius 1 is 1.55 bits per heavy atom. The highest BCUT2D eigenvalue weighted by Gasteiger charge is 2.28. The molecule has 1 atom stereocenters. The Kier molecular flexibility index (Phi) is 4.14. The first kappa shape index (κ1) is 10.4. The van der Waals surface area contributed by atoms with E-state index in [4.69, 9.17) is 5.11 Å². The molecule has 0 aromatic rings. The SMILES string of the molecule is C=CC(CO)OCC(F)(F)F. The Morgan fingerprint density at radius 3 is 2.36 bits per heavy atom. The number of hydrogen-bond donors (Lipinski definition) is 1. The fraction of sp³-hybridized carbons (Fsp3) is 0.667. The van der Waals surface area contributed by atoms with E-state index < -0.39 is 25.5 Å². The van der Waals surface area contributed by atoms with Gasteiger partial charge in [-0.3, -0.25) is 0 Å². The topological polar surface area (TPSA) is 29.5 Å². The van der Waals surface area contributed by atoms with E-state index in [0.29, 0.717) is 0 Å². The van der Waals surface area contributed by atoms with Crippen LogP contribution in [0.5, 0.6) is 0 Å². The molecule has 0 amide bonds. The molecule has 11 heavy (non-hydrogen) atoms. The number of hydrogen-bond acceptors (Lipinski definition) is 2. The molecule has 2 nitrogen and oxygen atoms in total. The number of aliphatic hydroxyl groups excluding tert-OH is 1. The van der Waals surface area contributed by atoms with Gasteiger partial charge in [0, 0.05) is 0 Å². The summed E-state index contributed by atoms with van der Waals surface area (Å²) in [5.74, 6) is 0. The average molecular weight is 170 g/mol. The second-order valence-electron chi connectivity index (χ2n) is 1.88. The zero-order chi connectivity index (χ0) is 8.91. The number of ether oxygens (including phenoxy) is 1. The molecule has 0 radical (unpaired) electrons. The van der Waals surface area contributed by atoms with Gasteiger partial charge in [0.2, 0.25) is 0 Å².